The van der Waals surface area contributed by atoms with Gasteiger partial charge in [-0.15, -0.1) is 18.8 Å². The fourth-order valence-electron chi connectivity index (χ4n) is 2.65. The van der Waals surface area contributed by atoms with Crippen LogP contribution in [0.25, 0.3) is 0 Å². The largest absolute Gasteiger partial charge is 0.423 e. The van der Waals surface area contributed by atoms with Crippen molar-refractivity contribution in [1.29, 1.82) is 0 Å². The molecule has 5 heteroatoms. The van der Waals surface area contributed by atoms with Gasteiger partial charge in [-0.2, -0.15) is 0 Å². The minimum Gasteiger partial charge on any atom is -0.423 e. The molecule has 2 rings (SSSR count). The molecule has 1 atom stereocenters. The van der Waals surface area contributed by atoms with E-state index in [2.05, 4.69) is 22.6 Å². The molecule has 1 aromatic rings. The van der Waals surface area contributed by atoms with Crippen molar-refractivity contribution in [3.8, 4) is 12.3 Å². The van der Waals surface area contributed by atoms with Crippen LogP contribution in [0.1, 0.15) is 30.9 Å². The van der Waals surface area contributed by atoms with Crippen LogP contribution in [0.15, 0.2) is 24.3 Å². The van der Waals surface area contributed by atoms with Crippen LogP contribution < -0.4 is 10.6 Å². The second-order valence-corrected chi connectivity index (χ2v) is 4.82. The Balaban J connectivity index is 0.00000220. The summed E-state index contributed by atoms with van der Waals surface area (Å²) in [5.41, 5.74) is 1.39. The van der Waals surface area contributed by atoms with Crippen LogP contribution in [0.5, 0.6) is 0 Å². The molecule has 1 unspecified atom stereocenters. The summed E-state index contributed by atoms with van der Waals surface area (Å²) in [6.45, 7) is 2.75. The molecule has 0 spiro atoms. The lowest BCUT2D eigenvalue weighted by Gasteiger charge is -2.38. The van der Waals surface area contributed by atoms with Gasteiger partial charge in [0.15, 0.2) is 5.72 Å². The summed E-state index contributed by atoms with van der Waals surface area (Å²) in [5, 5.41) is 5.88. The van der Waals surface area contributed by atoms with Crippen LogP contribution >= 0.6 is 12.4 Å². The quantitative estimate of drug-likeness (QED) is 0.664. The third-order valence-corrected chi connectivity index (χ3v) is 3.49. The predicted molar refractivity (Wildman–Crippen MR) is 85.3 cm³/mol. The number of hydrogen-bond acceptors (Lipinski definition) is 3. The van der Waals surface area contributed by atoms with Gasteiger partial charge in [0.05, 0.1) is 6.54 Å². The Bertz CT molecular complexity index is 527. The van der Waals surface area contributed by atoms with Crippen LogP contribution in [0, 0.1) is 12.3 Å². The van der Waals surface area contributed by atoms with E-state index in [9.17, 15) is 4.79 Å². The molecule has 1 aliphatic rings. The lowest BCUT2D eigenvalue weighted by molar-refractivity contribution is -0.0307. The van der Waals surface area contributed by atoms with E-state index in [1.54, 1.807) is 0 Å². The van der Waals surface area contributed by atoms with Crippen molar-refractivity contribution < 1.29 is 9.53 Å². The molecule has 1 amide bonds. The van der Waals surface area contributed by atoms with Gasteiger partial charge in [0.1, 0.15) is 0 Å². The molecule has 1 aromatic carbocycles. The minimum absolute atomic E-state index is 0. The van der Waals surface area contributed by atoms with Crippen LogP contribution in [-0.2, 0) is 16.9 Å². The molecule has 0 saturated heterocycles. The number of carbonyl (C=O) groups excluding carboxylic acids is 1. The first-order valence-corrected chi connectivity index (χ1v) is 6.95. The Labute approximate surface area is 132 Å². The highest BCUT2D eigenvalue weighted by molar-refractivity contribution is 5.85. The molecule has 114 valence electrons. The first kappa shape index (κ1) is 17.4. The summed E-state index contributed by atoms with van der Waals surface area (Å²) in [6, 6.07) is 8.03. The average molecular weight is 309 g/mol. The van der Waals surface area contributed by atoms with Crippen LogP contribution in [-0.4, -0.2) is 19.2 Å². The van der Waals surface area contributed by atoms with Crippen molar-refractivity contribution in [1.82, 2.24) is 10.6 Å². The van der Waals surface area contributed by atoms with Crippen molar-refractivity contribution in [2.45, 2.75) is 31.9 Å². The Morgan fingerprint density at radius 3 is 2.95 bits per heavy atom. The van der Waals surface area contributed by atoms with Crippen molar-refractivity contribution in [2.24, 2.45) is 0 Å². The van der Waals surface area contributed by atoms with Gasteiger partial charge in [-0.1, -0.05) is 30.2 Å². The Hall–Kier alpha value is -1.70. The summed E-state index contributed by atoms with van der Waals surface area (Å²) < 4.78 is 5.69. The number of ether oxygens (including phenoxy) is 1. The van der Waals surface area contributed by atoms with Crippen LogP contribution in [0.3, 0.4) is 0 Å². The lowest BCUT2D eigenvalue weighted by Crippen LogP contribution is -2.50. The number of aryl methyl sites for hydroxylation is 1. The van der Waals surface area contributed by atoms with E-state index in [1.165, 1.54) is 5.56 Å². The van der Waals surface area contributed by atoms with E-state index >= 15 is 0 Å². The number of nitrogens with one attached hydrogen (secondary N) is 2. The fourth-order valence-corrected chi connectivity index (χ4v) is 2.65. The van der Waals surface area contributed by atoms with Crippen LogP contribution in [0.2, 0.25) is 0 Å². The molecule has 1 aliphatic carbocycles. The molecule has 0 radical (unpaired) electrons. The highest BCUT2D eigenvalue weighted by Crippen LogP contribution is 2.36. The Kier molecular flexibility index (Phi) is 6.54. The number of benzene rings is 1. The number of carbonyl (C=O) groups is 1. The fraction of sp³-hybridized carbons (Fsp3) is 0.438. The molecule has 0 saturated carbocycles. The van der Waals surface area contributed by atoms with Gasteiger partial charge in [0.25, 0.3) is 0 Å². The third-order valence-electron chi connectivity index (χ3n) is 3.49. The van der Waals surface area contributed by atoms with Crippen molar-refractivity contribution >= 4 is 18.5 Å². The molecule has 4 nitrogen and oxygen atoms in total. The van der Waals surface area contributed by atoms with Gasteiger partial charge >= 0.3 is 6.09 Å². The number of amides is 1. The molecule has 0 aliphatic heterocycles. The molecule has 0 fully saturated rings. The number of hydrogen-bond donors (Lipinski definition) is 2. The average Bonchev–Trinajstić information content (AvgIpc) is 2.46. The minimum atomic E-state index is -0.819. The zero-order chi connectivity index (χ0) is 14.4. The molecule has 0 aromatic heterocycles. The number of fused-ring (bicyclic) bond motifs is 1. The van der Waals surface area contributed by atoms with Crippen molar-refractivity contribution in [2.75, 3.05) is 13.1 Å². The van der Waals surface area contributed by atoms with E-state index in [1.807, 2.05) is 25.1 Å². The summed E-state index contributed by atoms with van der Waals surface area (Å²) in [7, 11) is 0. The van der Waals surface area contributed by atoms with Gasteiger partial charge in [0.2, 0.25) is 0 Å². The maximum absolute atomic E-state index is 11.9. The Morgan fingerprint density at radius 1 is 1.48 bits per heavy atom. The molecule has 2 N–H and O–H groups in total. The van der Waals surface area contributed by atoms with Gasteiger partial charge in [-0.05, 0) is 25.3 Å². The predicted octanol–water partition coefficient (Wildman–Crippen LogP) is 2.57. The molecule has 21 heavy (non-hydrogen) atoms. The first-order valence-electron chi connectivity index (χ1n) is 6.95. The maximum atomic E-state index is 11.9. The number of terminal acetylenes is 1. The zero-order valence-corrected chi connectivity index (χ0v) is 13.0. The smallest absolute Gasteiger partial charge is 0.409 e. The third kappa shape index (κ3) is 3.90. The highest BCUT2D eigenvalue weighted by Gasteiger charge is 2.39. The topological polar surface area (TPSA) is 50.4 Å². The van der Waals surface area contributed by atoms with Gasteiger partial charge in [-0.25, -0.2) is 4.79 Å². The monoisotopic (exact) mass is 308 g/mol. The second kappa shape index (κ2) is 7.92. The summed E-state index contributed by atoms with van der Waals surface area (Å²) in [5.74, 6) is 2.55. The van der Waals surface area contributed by atoms with E-state index in [4.69, 9.17) is 11.2 Å². The van der Waals surface area contributed by atoms with Crippen molar-refractivity contribution in [3.05, 3.63) is 35.4 Å². The van der Waals surface area contributed by atoms with Crippen molar-refractivity contribution in [3.63, 3.8) is 0 Å². The van der Waals surface area contributed by atoms with E-state index in [0.29, 0.717) is 13.1 Å². The summed E-state index contributed by atoms with van der Waals surface area (Å²) in [4.78, 5) is 11.9. The standard InChI is InChI=1S/C16H20N2O2.ClH/c1-3-12-18-16(20-15(19)17-4-2)11-7-9-13-8-5-6-10-14(13)16;/h1,5-6,8,10,18H,4,7,9,11-12H2,2H3,(H,17,19);1H. The van der Waals surface area contributed by atoms with E-state index in [0.717, 1.165) is 24.8 Å². The highest BCUT2D eigenvalue weighted by atomic mass is 35.5. The van der Waals surface area contributed by atoms with Crippen LogP contribution in [0.4, 0.5) is 4.79 Å². The SMILES string of the molecule is C#CCNC1(OC(=O)NCC)CCCc2ccccc21.Cl. The number of alkyl carbamates (subject to hydrolysis) is 1. The number of halogens is 1. The normalized spacial score (nSPS) is 19.6. The van der Waals surface area contributed by atoms with Gasteiger partial charge in [-0.3, -0.25) is 5.32 Å². The van der Waals surface area contributed by atoms with E-state index < -0.39 is 11.8 Å². The maximum Gasteiger partial charge on any atom is 0.409 e. The lowest BCUT2D eigenvalue weighted by atomic mass is 9.84. The second-order valence-electron chi connectivity index (χ2n) is 4.82. The first-order chi connectivity index (χ1) is 9.72. The zero-order valence-electron chi connectivity index (χ0n) is 12.1. The van der Waals surface area contributed by atoms with E-state index in [-0.39, 0.29) is 12.4 Å². The number of rotatable bonds is 4. The molecular weight excluding hydrogens is 288 g/mol. The molecular formula is C16H21ClN2O2. The molecule has 0 heterocycles. The Morgan fingerprint density at radius 2 is 2.24 bits per heavy atom. The van der Waals surface area contributed by atoms with Gasteiger partial charge in [0, 0.05) is 18.5 Å². The molecule has 0 bridgehead atoms. The summed E-state index contributed by atoms with van der Waals surface area (Å²) >= 11 is 0. The summed E-state index contributed by atoms with van der Waals surface area (Å²) in [6.07, 6.45) is 7.59. The van der Waals surface area contributed by atoms with Gasteiger partial charge < -0.3 is 10.1 Å².